The van der Waals surface area contributed by atoms with E-state index < -0.39 is 11.4 Å². The molecule has 1 rings (SSSR count). The maximum atomic E-state index is 11.7. The average molecular weight is 224 g/mol. The molecule has 0 spiro atoms. The minimum absolute atomic E-state index is 0.249. The third-order valence-electron chi connectivity index (χ3n) is 3.78. The van der Waals surface area contributed by atoms with Gasteiger partial charge in [0.15, 0.2) is 0 Å². The van der Waals surface area contributed by atoms with E-state index >= 15 is 0 Å². The highest BCUT2D eigenvalue weighted by Crippen LogP contribution is 2.43. The maximum Gasteiger partial charge on any atom is 0.310 e. The van der Waals surface area contributed by atoms with Gasteiger partial charge in [-0.2, -0.15) is 0 Å². The van der Waals surface area contributed by atoms with E-state index in [-0.39, 0.29) is 5.92 Å². The Morgan fingerprint density at radius 2 is 2.00 bits per heavy atom. The second kappa shape index (κ2) is 6.07. The molecule has 0 aromatic carbocycles. The molecule has 0 aliphatic heterocycles. The molecule has 1 aliphatic rings. The number of hydrogen-bond donors (Lipinski definition) is 1. The highest BCUT2D eigenvalue weighted by molar-refractivity contribution is 5.75. The summed E-state index contributed by atoms with van der Waals surface area (Å²) in [5.74, 6) is -0.341. The van der Waals surface area contributed by atoms with Crippen LogP contribution in [-0.2, 0) is 4.79 Å². The van der Waals surface area contributed by atoms with Crippen molar-refractivity contribution >= 4 is 5.97 Å². The maximum absolute atomic E-state index is 11.7. The first-order valence-corrected chi connectivity index (χ1v) is 6.57. The van der Waals surface area contributed by atoms with Crippen LogP contribution in [0.5, 0.6) is 0 Å². The number of hydrogen-bond acceptors (Lipinski definition) is 1. The zero-order valence-corrected chi connectivity index (χ0v) is 10.5. The lowest BCUT2D eigenvalue weighted by atomic mass is 9.66. The molecule has 1 aliphatic carbocycles. The first-order valence-electron chi connectivity index (χ1n) is 6.57. The molecule has 0 radical (unpaired) electrons. The van der Waals surface area contributed by atoms with Crippen molar-refractivity contribution in [3.05, 3.63) is 12.2 Å². The normalized spacial score (nSPS) is 21.0. The molecule has 0 saturated heterocycles. The van der Waals surface area contributed by atoms with Crippen molar-refractivity contribution in [2.24, 2.45) is 11.3 Å². The number of carboxylic acids is 1. The zero-order valence-electron chi connectivity index (χ0n) is 10.5. The Morgan fingerprint density at radius 1 is 1.38 bits per heavy atom. The largest absolute Gasteiger partial charge is 0.481 e. The van der Waals surface area contributed by atoms with Gasteiger partial charge in [0.05, 0.1) is 5.41 Å². The molecule has 1 unspecified atom stereocenters. The summed E-state index contributed by atoms with van der Waals surface area (Å²) in [4.78, 5) is 11.7. The van der Waals surface area contributed by atoms with Crippen LogP contribution in [-0.4, -0.2) is 11.1 Å². The topological polar surface area (TPSA) is 37.3 Å². The Bertz CT molecular complexity index is 249. The molecular formula is C14H24O2. The lowest BCUT2D eigenvalue weighted by Gasteiger charge is -2.37. The fourth-order valence-electron chi connectivity index (χ4n) is 3.03. The zero-order chi connectivity index (χ0) is 12.0. The number of carboxylic acid groups (broad SMARTS) is 1. The standard InChI is InChI=1S/C14H24O2/c1-3-10-14(11-4-2,13(15)16)12-8-6-5-7-9-12/h6,8,12H,3-5,7,9-11H2,1-2H3,(H,15,16). The molecule has 0 bridgehead atoms. The van der Waals surface area contributed by atoms with Crippen molar-refractivity contribution < 1.29 is 9.90 Å². The van der Waals surface area contributed by atoms with E-state index in [0.29, 0.717) is 0 Å². The summed E-state index contributed by atoms with van der Waals surface area (Å²) in [6.07, 6.45) is 11.2. The van der Waals surface area contributed by atoms with Gasteiger partial charge in [-0.25, -0.2) is 0 Å². The molecule has 2 heteroatoms. The monoisotopic (exact) mass is 224 g/mol. The number of allylic oxidation sites excluding steroid dienone is 2. The van der Waals surface area contributed by atoms with E-state index in [1.165, 1.54) is 0 Å². The van der Waals surface area contributed by atoms with E-state index in [9.17, 15) is 9.90 Å². The minimum Gasteiger partial charge on any atom is -0.481 e. The Labute approximate surface area is 98.7 Å². The first kappa shape index (κ1) is 13.3. The first-order chi connectivity index (χ1) is 7.67. The minimum atomic E-state index is -0.590. The second-order valence-corrected chi connectivity index (χ2v) is 4.93. The summed E-state index contributed by atoms with van der Waals surface area (Å²) in [5, 5.41) is 9.60. The molecule has 0 aromatic heterocycles. The smallest absolute Gasteiger partial charge is 0.310 e. The Balaban J connectivity index is 2.93. The fourth-order valence-corrected chi connectivity index (χ4v) is 3.03. The predicted molar refractivity (Wildman–Crippen MR) is 66.4 cm³/mol. The lowest BCUT2D eigenvalue weighted by molar-refractivity contribution is -0.153. The van der Waals surface area contributed by atoms with Crippen molar-refractivity contribution in [1.82, 2.24) is 0 Å². The molecule has 0 heterocycles. The van der Waals surface area contributed by atoms with Crippen LogP contribution in [0.15, 0.2) is 12.2 Å². The molecule has 1 atom stereocenters. The van der Waals surface area contributed by atoms with Crippen LogP contribution < -0.4 is 0 Å². The van der Waals surface area contributed by atoms with E-state index in [1.54, 1.807) is 0 Å². The van der Waals surface area contributed by atoms with Crippen LogP contribution in [0, 0.1) is 11.3 Å². The summed E-state index contributed by atoms with van der Waals surface area (Å²) < 4.78 is 0. The van der Waals surface area contributed by atoms with Crippen LogP contribution in [0.1, 0.15) is 58.8 Å². The molecule has 0 aromatic rings. The van der Waals surface area contributed by atoms with Gasteiger partial charge in [0.1, 0.15) is 0 Å². The predicted octanol–water partition coefficient (Wildman–Crippen LogP) is 4.01. The van der Waals surface area contributed by atoms with Crippen LogP contribution >= 0.6 is 0 Å². The van der Waals surface area contributed by atoms with Gasteiger partial charge in [-0.15, -0.1) is 0 Å². The molecule has 0 amide bonds. The van der Waals surface area contributed by atoms with Gasteiger partial charge < -0.3 is 5.11 Å². The third-order valence-corrected chi connectivity index (χ3v) is 3.78. The Hall–Kier alpha value is -0.790. The second-order valence-electron chi connectivity index (χ2n) is 4.93. The molecule has 16 heavy (non-hydrogen) atoms. The Kier molecular flexibility index (Phi) is 5.04. The third kappa shape index (κ3) is 2.66. The van der Waals surface area contributed by atoms with Crippen molar-refractivity contribution in [1.29, 1.82) is 0 Å². The highest BCUT2D eigenvalue weighted by Gasteiger charge is 2.43. The lowest BCUT2D eigenvalue weighted by Crippen LogP contribution is -2.38. The Morgan fingerprint density at radius 3 is 2.38 bits per heavy atom. The fraction of sp³-hybridized carbons (Fsp3) is 0.786. The van der Waals surface area contributed by atoms with E-state index in [2.05, 4.69) is 26.0 Å². The van der Waals surface area contributed by atoms with Gasteiger partial charge >= 0.3 is 5.97 Å². The van der Waals surface area contributed by atoms with Crippen LogP contribution in [0.2, 0.25) is 0 Å². The molecule has 0 saturated carbocycles. The van der Waals surface area contributed by atoms with Gasteiger partial charge in [0.25, 0.3) is 0 Å². The van der Waals surface area contributed by atoms with Gasteiger partial charge in [-0.05, 0) is 38.0 Å². The number of carbonyl (C=O) groups is 1. The summed E-state index contributed by atoms with van der Waals surface area (Å²) in [6.45, 7) is 4.17. The van der Waals surface area contributed by atoms with Gasteiger partial charge in [0, 0.05) is 0 Å². The van der Waals surface area contributed by atoms with Gasteiger partial charge in [-0.1, -0.05) is 38.8 Å². The van der Waals surface area contributed by atoms with E-state index in [0.717, 1.165) is 44.9 Å². The van der Waals surface area contributed by atoms with Crippen molar-refractivity contribution in [2.75, 3.05) is 0 Å². The van der Waals surface area contributed by atoms with Gasteiger partial charge in [-0.3, -0.25) is 4.79 Å². The summed E-state index contributed by atoms with van der Waals surface area (Å²) >= 11 is 0. The SMILES string of the molecule is CCCC(CCC)(C(=O)O)C1C=CCCC1. The van der Waals surface area contributed by atoms with Crippen molar-refractivity contribution in [3.63, 3.8) is 0 Å². The van der Waals surface area contributed by atoms with Crippen LogP contribution in [0.25, 0.3) is 0 Å². The number of rotatable bonds is 6. The summed E-state index contributed by atoms with van der Waals surface area (Å²) in [7, 11) is 0. The molecule has 92 valence electrons. The van der Waals surface area contributed by atoms with E-state index in [1.807, 2.05) is 0 Å². The van der Waals surface area contributed by atoms with Crippen LogP contribution in [0.4, 0.5) is 0 Å². The summed E-state index contributed by atoms with van der Waals surface area (Å²) in [6, 6.07) is 0. The molecule has 2 nitrogen and oxygen atoms in total. The van der Waals surface area contributed by atoms with Crippen molar-refractivity contribution in [2.45, 2.75) is 58.8 Å². The molecule has 1 N–H and O–H groups in total. The van der Waals surface area contributed by atoms with E-state index in [4.69, 9.17) is 0 Å². The molecule has 0 fully saturated rings. The number of aliphatic carboxylic acids is 1. The van der Waals surface area contributed by atoms with Gasteiger partial charge in [0.2, 0.25) is 0 Å². The molecular weight excluding hydrogens is 200 g/mol. The average Bonchev–Trinajstić information content (AvgIpc) is 2.29. The van der Waals surface area contributed by atoms with Crippen molar-refractivity contribution in [3.8, 4) is 0 Å². The quantitative estimate of drug-likeness (QED) is 0.692. The highest BCUT2D eigenvalue weighted by atomic mass is 16.4. The summed E-state index contributed by atoms with van der Waals surface area (Å²) in [5.41, 5.74) is -0.500. The van der Waals surface area contributed by atoms with Crippen LogP contribution in [0.3, 0.4) is 0 Å².